The SMILES string of the molecule is C=CC(=O)OC(C)CC(C)O[P+](=O)O. The Morgan fingerprint density at radius 2 is 2.14 bits per heavy atom. The second-order valence-electron chi connectivity index (χ2n) is 2.84. The summed E-state index contributed by atoms with van der Waals surface area (Å²) in [5, 5.41) is 0. The van der Waals surface area contributed by atoms with Crippen molar-refractivity contribution < 1.29 is 23.5 Å². The van der Waals surface area contributed by atoms with Gasteiger partial charge in [-0.25, -0.2) is 4.79 Å². The minimum atomic E-state index is -2.61. The number of carbonyl (C=O) groups is 1. The van der Waals surface area contributed by atoms with Crippen molar-refractivity contribution in [1.82, 2.24) is 0 Å². The van der Waals surface area contributed by atoms with Crippen molar-refractivity contribution in [2.24, 2.45) is 0 Å². The van der Waals surface area contributed by atoms with Crippen molar-refractivity contribution in [2.75, 3.05) is 0 Å². The summed E-state index contributed by atoms with van der Waals surface area (Å²) in [5.41, 5.74) is 0. The third-order valence-electron chi connectivity index (χ3n) is 1.42. The van der Waals surface area contributed by atoms with E-state index in [-0.39, 0.29) is 6.10 Å². The fraction of sp³-hybridized carbons (Fsp3) is 0.625. The van der Waals surface area contributed by atoms with Gasteiger partial charge in [-0.2, -0.15) is 0 Å². The van der Waals surface area contributed by atoms with Crippen molar-refractivity contribution in [3.63, 3.8) is 0 Å². The Morgan fingerprint density at radius 1 is 1.57 bits per heavy atom. The quantitative estimate of drug-likeness (QED) is 0.418. The lowest BCUT2D eigenvalue weighted by Crippen LogP contribution is -2.19. The fourth-order valence-electron chi connectivity index (χ4n) is 0.959. The number of ether oxygens (including phenoxy) is 1. The first kappa shape index (κ1) is 13.2. The first-order valence-electron chi connectivity index (χ1n) is 4.11. The van der Waals surface area contributed by atoms with E-state index in [1.54, 1.807) is 13.8 Å². The molecule has 5 nitrogen and oxygen atoms in total. The molecule has 0 saturated heterocycles. The summed E-state index contributed by atoms with van der Waals surface area (Å²) in [7, 11) is -2.61. The lowest BCUT2D eigenvalue weighted by Gasteiger charge is -2.12. The maximum Gasteiger partial charge on any atom is 0.694 e. The summed E-state index contributed by atoms with van der Waals surface area (Å²) in [6, 6.07) is 0. The van der Waals surface area contributed by atoms with Gasteiger partial charge < -0.3 is 4.74 Å². The van der Waals surface area contributed by atoms with Gasteiger partial charge in [0, 0.05) is 17.1 Å². The molecule has 14 heavy (non-hydrogen) atoms. The van der Waals surface area contributed by atoms with Crippen molar-refractivity contribution in [1.29, 1.82) is 0 Å². The molecule has 0 rings (SSSR count). The highest BCUT2D eigenvalue weighted by Crippen LogP contribution is 2.20. The lowest BCUT2D eigenvalue weighted by molar-refractivity contribution is -0.143. The molecule has 1 N–H and O–H groups in total. The summed E-state index contributed by atoms with van der Waals surface area (Å²) in [4.78, 5) is 19.2. The highest BCUT2D eigenvalue weighted by Gasteiger charge is 2.21. The Labute approximate surface area is 83.7 Å². The molecule has 0 aliphatic rings. The molecular formula is C8H14O5P+. The van der Waals surface area contributed by atoms with Crippen molar-refractivity contribution in [3.05, 3.63) is 12.7 Å². The van der Waals surface area contributed by atoms with E-state index in [0.717, 1.165) is 6.08 Å². The molecule has 3 unspecified atom stereocenters. The van der Waals surface area contributed by atoms with Crippen LogP contribution in [-0.4, -0.2) is 23.1 Å². The zero-order valence-corrected chi connectivity index (χ0v) is 9.07. The standard InChI is InChI=1S/C8H13O5P/c1-4-8(9)12-6(2)5-7(3)13-14(10)11/h4,6-7H,1,5H2,2-3H3/p+1. The van der Waals surface area contributed by atoms with E-state index in [0.29, 0.717) is 6.42 Å². The van der Waals surface area contributed by atoms with Gasteiger partial charge in [-0.1, -0.05) is 6.58 Å². The summed E-state index contributed by atoms with van der Waals surface area (Å²) in [5.74, 6) is -0.516. The van der Waals surface area contributed by atoms with Gasteiger partial charge in [0.25, 0.3) is 0 Å². The third kappa shape index (κ3) is 6.71. The molecular weight excluding hydrogens is 207 g/mol. The molecule has 0 bridgehead atoms. The minimum absolute atomic E-state index is 0.362. The minimum Gasteiger partial charge on any atom is -0.459 e. The van der Waals surface area contributed by atoms with Crippen LogP contribution >= 0.6 is 8.25 Å². The normalized spacial score (nSPS) is 15.5. The van der Waals surface area contributed by atoms with Gasteiger partial charge >= 0.3 is 14.2 Å². The van der Waals surface area contributed by atoms with Crippen LogP contribution in [0.15, 0.2) is 12.7 Å². The molecule has 80 valence electrons. The van der Waals surface area contributed by atoms with Gasteiger partial charge in [-0.05, 0) is 13.8 Å². The predicted octanol–water partition coefficient (Wildman–Crippen LogP) is 1.55. The van der Waals surface area contributed by atoms with E-state index in [2.05, 4.69) is 11.1 Å². The zero-order valence-electron chi connectivity index (χ0n) is 8.17. The number of hydrogen-bond acceptors (Lipinski definition) is 4. The van der Waals surface area contributed by atoms with E-state index in [4.69, 9.17) is 9.63 Å². The molecule has 0 amide bonds. The maximum atomic E-state index is 10.7. The molecule has 0 aromatic carbocycles. The van der Waals surface area contributed by atoms with Crippen LogP contribution in [0.1, 0.15) is 20.3 Å². The molecule has 0 radical (unpaired) electrons. The molecule has 0 saturated carbocycles. The Kier molecular flexibility index (Phi) is 6.28. The van der Waals surface area contributed by atoms with Gasteiger partial charge in [0.05, 0.1) is 0 Å². The van der Waals surface area contributed by atoms with Gasteiger partial charge in [0.2, 0.25) is 0 Å². The highest BCUT2D eigenvalue weighted by molar-refractivity contribution is 7.32. The summed E-state index contributed by atoms with van der Waals surface area (Å²) in [6.45, 7) is 6.55. The molecule has 0 aliphatic carbocycles. The monoisotopic (exact) mass is 221 g/mol. The summed E-state index contributed by atoms with van der Waals surface area (Å²) in [6.07, 6.45) is 0.622. The topological polar surface area (TPSA) is 72.8 Å². The molecule has 0 aliphatic heterocycles. The fourth-order valence-corrected chi connectivity index (χ4v) is 1.35. The average Bonchev–Trinajstić information content (AvgIpc) is 2.01. The third-order valence-corrected chi connectivity index (χ3v) is 1.96. The largest absolute Gasteiger partial charge is 0.694 e. The van der Waals surface area contributed by atoms with Crippen LogP contribution in [-0.2, 0) is 18.6 Å². The van der Waals surface area contributed by atoms with Crippen molar-refractivity contribution >= 4 is 14.2 Å². The van der Waals surface area contributed by atoms with Crippen molar-refractivity contribution in [2.45, 2.75) is 32.5 Å². The van der Waals surface area contributed by atoms with E-state index in [1.807, 2.05) is 0 Å². The van der Waals surface area contributed by atoms with E-state index >= 15 is 0 Å². The predicted molar refractivity (Wildman–Crippen MR) is 50.7 cm³/mol. The molecule has 3 atom stereocenters. The number of hydrogen-bond donors (Lipinski definition) is 1. The molecule has 0 aromatic rings. The van der Waals surface area contributed by atoms with E-state index < -0.39 is 20.3 Å². The summed E-state index contributed by atoms with van der Waals surface area (Å²) < 4.78 is 19.7. The first-order valence-corrected chi connectivity index (χ1v) is 5.24. The van der Waals surface area contributed by atoms with Crippen LogP contribution in [0.5, 0.6) is 0 Å². The van der Waals surface area contributed by atoms with Crippen molar-refractivity contribution in [3.8, 4) is 0 Å². The Morgan fingerprint density at radius 3 is 2.57 bits per heavy atom. The van der Waals surface area contributed by atoms with Gasteiger partial charge in [-0.3, -0.25) is 0 Å². The number of esters is 1. The number of rotatable bonds is 6. The average molecular weight is 221 g/mol. The van der Waals surface area contributed by atoms with Crippen LogP contribution in [0.3, 0.4) is 0 Å². The number of carbonyl (C=O) groups excluding carboxylic acids is 1. The van der Waals surface area contributed by atoms with Crippen LogP contribution in [0.4, 0.5) is 0 Å². The smallest absolute Gasteiger partial charge is 0.459 e. The Balaban J connectivity index is 3.81. The van der Waals surface area contributed by atoms with Crippen LogP contribution in [0.2, 0.25) is 0 Å². The highest BCUT2D eigenvalue weighted by atomic mass is 31.1. The van der Waals surface area contributed by atoms with Crippen LogP contribution < -0.4 is 0 Å². The zero-order chi connectivity index (χ0) is 11.1. The molecule has 0 heterocycles. The first-order chi connectivity index (χ1) is 6.45. The Bertz CT molecular complexity index is 228. The second kappa shape index (κ2) is 6.65. The van der Waals surface area contributed by atoms with E-state index in [1.165, 1.54) is 0 Å². The molecule has 0 spiro atoms. The molecule has 0 aromatic heterocycles. The second-order valence-corrected chi connectivity index (χ2v) is 3.53. The van der Waals surface area contributed by atoms with Gasteiger partial charge in [0.15, 0.2) is 0 Å². The summed E-state index contributed by atoms with van der Waals surface area (Å²) >= 11 is 0. The van der Waals surface area contributed by atoms with Gasteiger partial charge in [0.1, 0.15) is 12.2 Å². The molecule has 0 fully saturated rings. The lowest BCUT2D eigenvalue weighted by atomic mass is 10.2. The van der Waals surface area contributed by atoms with Crippen LogP contribution in [0, 0.1) is 0 Å². The van der Waals surface area contributed by atoms with Crippen LogP contribution in [0.25, 0.3) is 0 Å². The molecule has 6 heteroatoms. The maximum absolute atomic E-state index is 10.7. The van der Waals surface area contributed by atoms with E-state index in [9.17, 15) is 9.36 Å². The van der Waals surface area contributed by atoms with Gasteiger partial charge in [-0.15, -0.1) is 9.42 Å². The Hall–Kier alpha value is -0.770.